The summed E-state index contributed by atoms with van der Waals surface area (Å²) in [7, 11) is 0. The number of quaternary nitrogens is 1. The lowest BCUT2D eigenvalue weighted by Gasteiger charge is -2.34. The lowest BCUT2D eigenvalue weighted by atomic mass is 10.3. The Balaban J connectivity index is 0. The zero-order valence-electron chi connectivity index (χ0n) is 9.03. The molecule has 0 atom stereocenters. The van der Waals surface area contributed by atoms with E-state index in [1.807, 2.05) is 0 Å². The Morgan fingerprint density at radius 2 is 1.08 bits per heavy atom. The van der Waals surface area contributed by atoms with Crippen LogP contribution in [0.4, 0.5) is 0 Å². The largest absolute Gasteiger partial charge is 0.472 e. The van der Waals surface area contributed by atoms with Gasteiger partial charge in [-0.05, 0) is 27.7 Å². The van der Waals surface area contributed by atoms with E-state index in [1.54, 1.807) is 0 Å². The molecule has 0 aliphatic carbocycles. The van der Waals surface area contributed by atoms with Crippen molar-refractivity contribution in [3.05, 3.63) is 4.91 Å². The molecule has 0 fully saturated rings. The van der Waals surface area contributed by atoms with Crippen LogP contribution in [0.25, 0.3) is 0 Å². The predicted octanol–water partition coefficient (Wildman–Crippen LogP) is 1.43. The maximum atomic E-state index is 8.47. The van der Waals surface area contributed by atoms with Gasteiger partial charge in [0.05, 0.1) is 26.2 Å². The highest BCUT2D eigenvalue weighted by atomic mass is 16.9. The Morgan fingerprint density at radius 3 is 1.08 bits per heavy atom. The average molecular weight is 194 g/mol. The second-order valence-electron chi connectivity index (χ2n) is 2.86. The van der Waals surface area contributed by atoms with E-state index in [0.717, 1.165) is 0 Å². The van der Waals surface area contributed by atoms with Crippen molar-refractivity contribution in [2.24, 2.45) is 0 Å². The molecule has 5 heteroatoms. The van der Waals surface area contributed by atoms with E-state index in [4.69, 9.17) is 15.3 Å². The third-order valence-electron chi connectivity index (χ3n) is 2.68. The average Bonchev–Trinajstić information content (AvgIpc) is 2.09. The fraction of sp³-hybridized carbons (Fsp3) is 1.00. The van der Waals surface area contributed by atoms with Gasteiger partial charge < -0.3 is 4.48 Å². The highest BCUT2D eigenvalue weighted by molar-refractivity contribution is 4.31. The molecule has 13 heavy (non-hydrogen) atoms. The van der Waals surface area contributed by atoms with Crippen molar-refractivity contribution in [2.45, 2.75) is 27.7 Å². The Morgan fingerprint density at radius 1 is 0.923 bits per heavy atom. The van der Waals surface area contributed by atoms with E-state index in [-0.39, 0.29) is 0 Å². The summed E-state index contributed by atoms with van der Waals surface area (Å²) in [5.41, 5.74) is 0. The third kappa shape index (κ3) is 7.52. The molecule has 0 aliphatic rings. The molecule has 0 aliphatic heterocycles. The Labute approximate surface area is 79.7 Å². The summed E-state index contributed by atoms with van der Waals surface area (Å²) >= 11 is 0. The standard InChI is InChI=1S/C8H20N.H2NO3/c1-5-9(6-2,7-3)8-4;2-1(3)4/h5-8H2,1-4H3;(H2,2,3,4)/q2*+1. The SMILES string of the molecule is CC[N+](CC)(CC)CC.O=[N+](O)O. The molecule has 80 valence electrons. The van der Waals surface area contributed by atoms with Crippen LogP contribution >= 0.6 is 0 Å². The third-order valence-corrected chi connectivity index (χ3v) is 2.68. The van der Waals surface area contributed by atoms with E-state index in [1.165, 1.54) is 30.7 Å². The van der Waals surface area contributed by atoms with Crippen LogP contribution in [0.5, 0.6) is 0 Å². The van der Waals surface area contributed by atoms with Crippen LogP contribution in [0.2, 0.25) is 0 Å². The summed E-state index contributed by atoms with van der Waals surface area (Å²) in [6.45, 7) is 14.2. The van der Waals surface area contributed by atoms with Crippen molar-refractivity contribution in [3.63, 3.8) is 0 Å². The molecule has 0 unspecified atom stereocenters. The molecule has 5 nitrogen and oxygen atoms in total. The van der Waals surface area contributed by atoms with Crippen LogP contribution in [-0.2, 0) is 0 Å². The van der Waals surface area contributed by atoms with Gasteiger partial charge in [0.1, 0.15) is 4.91 Å². The minimum atomic E-state index is -1.25. The molecule has 0 amide bonds. The highest BCUT2D eigenvalue weighted by Gasteiger charge is 2.16. The van der Waals surface area contributed by atoms with Gasteiger partial charge in [-0.15, -0.1) is 0 Å². The number of hydrogen-bond acceptors (Lipinski definition) is 1. The van der Waals surface area contributed by atoms with Crippen LogP contribution in [-0.4, -0.2) is 46.2 Å². The summed E-state index contributed by atoms with van der Waals surface area (Å²) in [4.78, 5) is 8.47. The highest BCUT2D eigenvalue weighted by Crippen LogP contribution is 2.03. The first-order chi connectivity index (χ1) is 5.97. The van der Waals surface area contributed by atoms with Gasteiger partial charge in [0.15, 0.2) is 0 Å². The van der Waals surface area contributed by atoms with Gasteiger partial charge in [-0.1, -0.05) is 0 Å². The summed E-state index contributed by atoms with van der Waals surface area (Å²) in [5.74, 6) is 0. The molecule has 0 bridgehead atoms. The number of nitrogens with zero attached hydrogens (tertiary/aromatic N) is 2. The molecule has 0 heterocycles. The Hall–Kier alpha value is -0.840. The van der Waals surface area contributed by atoms with E-state index in [2.05, 4.69) is 27.7 Å². The molecule has 0 saturated carbocycles. The zero-order valence-corrected chi connectivity index (χ0v) is 9.03. The molecule has 0 aromatic heterocycles. The molecule has 0 aromatic rings. The van der Waals surface area contributed by atoms with Crippen molar-refractivity contribution in [1.29, 1.82) is 0 Å². The maximum absolute atomic E-state index is 8.47. The maximum Gasteiger partial charge on any atom is 0.472 e. The predicted molar refractivity (Wildman–Crippen MR) is 49.6 cm³/mol. The molecule has 0 saturated heterocycles. The van der Waals surface area contributed by atoms with Crippen molar-refractivity contribution in [1.82, 2.24) is 0 Å². The van der Waals surface area contributed by atoms with Gasteiger partial charge in [-0.2, -0.15) is 0 Å². The zero-order chi connectivity index (χ0) is 10.9. The van der Waals surface area contributed by atoms with Gasteiger partial charge in [0.2, 0.25) is 0 Å². The Bertz CT molecular complexity index is 114. The van der Waals surface area contributed by atoms with Crippen LogP contribution in [0.1, 0.15) is 27.7 Å². The smallest absolute Gasteiger partial charge is 0.325 e. The number of hydrogen-bond donors (Lipinski definition) is 2. The fourth-order valence-corrected chi connectivity index (χ4v) is 1.34. The van der Waals surface area contributed by atoms with E-state index in [9.17, 15) is 0 Å². The molecular weight excluding hydrogens is 172 g/mol. The van der Waals surface area contributed by atoms with Gasteiger partial charge in [-0.25, -0.2) is 10.4 Å². The lowest BCUT2D eigenvalue weighted by molar-refractivity contribution is -0.969. The van der Waals surface area contributed by atoms with Crippen LogP contribution < -0.4 is 0 Å². The van der Waals surface area contributed by atoms with Crippen LogP contribution in [0.3, 0.4) is 0 Å². The van der Waals surface area contributed by atoms with E-state index >= 15 is 0 Å². The van der Waals surface area contributed by atoms with Gasteiger partial charge in [0, 0.05) is 0 Å². The lowest BCUT2D eigenvalue weighted by Crippen LogP contribution is -2.47. The Kier molecular flexibility index (Phi) is 8.79. The van der Waals surface area contributed by atoms with Crippen LogP contribution in [0, 0.1) is 4.91 Å². The van der Waals surface area contributed by atoms with Gasteiger partial charge >= 0.3 is 5.09 Å². The first-order valence-corrected chi connectivity index (χ1v) is 4.68. The second kappa shape index (κ2) is 7.79. The summed E-state index contributed by atoms with van der Waals surface area (Å²) in [6.07, 6.45) is 0. The van der Waals surface area contributed by atoms with E-state index in [0.29, 0.717) is 0 Å². The normalized spacial score (nSPS) is 10.2. The minimum absolute atomic E-state index is 1.25. The van der Waals surface area contributed by atoms with Gasteiger partial charge in [0.25, 0.3) is 0 Å². The molecule has 0 rings (SSSR count). The summed E-state index contributed by atoms with van der Waals surface area (Å²) < 4.78 is 1.28. The summed E-state index contributed by atoms with van der Waals surface area (Å²) in [5, 5.41) is 12.5. The topological polar surface area (TPSA) is 60.5 Å². The van der Waals surface area contributed by atoms with Crippen molar-refractivity contribution in [2.75, 3.05) is 26.2 Å². The molecule has 0 spiro atoms. The fourth-order valence-electron chi connectivity index (χ4n) is 1.34. The van der Waals surface area contributed by atoms with E-state index < -0.39 is 5.09 Å². The number of rotatable bonds is 4. The first-order valence-electron chi connectivity index (χ1n) is 4.68. The van der Waals surface area contributed by atoms with Crippen molar-refractivity contribution in [3.8, 4) is 0 Å². The summed E-state index contributed by atoms with van der Waals surface area (Å²) in [6, 6.07) is 0. The van der Waals surface area contributed by atoms with Crippen molar-refractivity contribution >= 4 is 0 Å². The minimum Gasteiger partial charge on any atom is -0.325 e. The molecule has 0 aromatic carbocycles. The first kappa shape index (κ1) is 14.7. The van der Waals surface area contributed by atoms with Gasteiger partial charge in [-0.3, -0.25) is 0 Å². The van der Waals surface area contributed by atoms with Crippen molar-refractivity contribution < 1.29 is 20.0 Å². The molecular formula is C8H22N2O3+2. The molecule has 0 radical (unpaired) electrons. The quantitative estimate of drug-likeness (QED) is 0.525. The van der Waals surface area contributed by atoms with Crippen LogP contribution in [0.15, 0.2) is 0 Å². The molecule has 2 N–H and O–H groups in total. The monoisotopic (exact) mass is 194 g/mol. The second-order valence-corrected chi connectivity index (χ2v) is 2.86.